The first-order chi connectivity index (χ1) is 22.4. The molecule has 0 bridgehead atoms. The maximum atomic E-state index is 17.2. The number of carbonyl (C=O) groups is 2. The second-order valence-electron chi connectivity index (χ2n) is 13.1. The van der Waals surface area contributed by atoms with Crippen LogP contribution in [-0.4, -0.2) is 51.3 Å². The van der Waals surface area contributed by atoms with Crippen molar-refractivity contribution < 1.29 is 53.2 Å². The summed E-state index contributed by atoms with van der Waals surface area (Å²) in [5, 5.41) is 0. The Hall–Kier alpha value is -3.31. The van der Waals surface area contributed by atoms with Gasteiger partial charge in [0.05, 0.1) is 0 Å². The normalized spacial score (nSPS) is 23.7. The number of hydrogen-bond acceptors (Lipinski definition) is 4. The van der Waals surface area contributed by atoms with Crippen LogP contribution in [0.5, 0.6) is 0 Å². The fourth-order valence-corrected chi connectivity index (χ4v) is 15.6. The molecular formula is C36H38F4N2O4Ti. The third-order valence-electron chi connectivity index (χ3n) is 9.77. The van der Waals surface area contributed by atoms with Crippen molar-refractivity contribution in [2.75, 3.05) is 49.3 Å². The van der Waals surface area contributed by atoms with Gasteiger partial charge < -0.3 is 0 Å². The summed E-state index contributed by atoms with van der Waals surface area (Å²) in [6.07, 6.45) is 11.0. The molecule has 2 aliphatic heterocycles. The van der Waals surface area contributed by atoms with Crippen molar-refractivity contribution in [1.82, 2.24) is 0 Å². The first kappa shape index (κ1) is 33.6. The predicted octanol–water partition coefficient (Wildman–Crippen LogP) is 5.81. The number of carbonyl (C=O) groups excluding carboxylic acids is 2. The van der Waals surface area contributed by atoms with E-state index in [0.29, 0.717) is 21.0 Å². The molecule has 2 saturated heterocycles. The Morgan fingerprint density at radius 1 is 0.702 bits per heavy atom. The summed E-state index contributed by atoms with van der Waals surface area (Å²) >= 11 is -5.18. The van der Waals surface area contributed by atoms with Gasteiger partial charge >= 0.3 is 277 Å². The summed E-state index contributed by atoms with van der Waals surface area (Å²) in [6.45, 7) is 8.46. The molecule has 2 unspecified atom stereocenters. The molecule has 2 aromatic rings. The third-order valence-corrected chi connectivity index (χ3v) is 17.7. The Morgan fingerprint density at radius 3 is 1.43 bits per heavy atom. The minimum atomic E-state index is -5.18. The van der Waals surface area contributed by atoms with E-state index in [4.69, 9.17) is 9.47 Å². The van der Waals surface area contributed by atoms with Crippen LogP contribution in [0, 0.1) is 34.1 Å². The Bertz CT molecular complexity index is 1640. The van der Waals surface area contributed by atoms with Crippen molar-refractivity contribution in [3.63, 3.8) is 0 Å². The van der Waals surface area contributed by atoms with E-state index in [1.54, 1.807) is 50.3 Å². The quantitative estimate of drug-likeness (QED) is 0.161. The van der Waals surface area contributed by atoms with Gasteiger partial charge in [0, 0.05) is 0 Å². The maximum absolute atomic E-state index is 17.2. The molecule has 4 aliphatic rings. The van der Waals surface area contributed by atoms with Gasteiger partial charge in [0.15, 0.2) is 0 Å². The topological polar surface area (TPSA) is 59.1 Å². The zero-order chi connectivity index (χ0) is 33.7. The number of ether oxygens (including phenoxy) is 2. The van der Waals surface area contributed by atoms with Gasteiger partial charge in [-0.1, -0.05) is 0 Å². The van der Waals surface area contributed by atoms with Crippen LogP contribution in [0.1, 0.15) is 40.5 Å². The molecular weight excluding hydrogens is 648 g/mol. The Kier molecular flexibility index (Phi) is 9.02. The van der Waals surface area contributed by atoms with E-state index in [1.807, 2.05) is 13.8 Å². The molecule has 47 heavy (non-hydrogen) atoms. The molecule has 0 N–H and O–H groups in total. The van der Waals surface area contributed by atoms with Crippen LogP contribution in [0.25, 0.3) is 0 Å². The van der Waals surface area contributed by atoms with Gasteiger partial charge in [-0.05, 0) is 0 Å². The van der Waals surface area contributed by atoms with Gasteiger partial charge in [-0.15, -0.1) is 0 Å². The Balaban J connectivity index is 1.55. The van der Waals surface area contributed by atoms with Crippen LogP contribution in [0.3, 0.4) is 0 Å². The molecule has 2 amide bonds. The SMILES string of the molecule is CCOCC1(C)CN(c2ccc(F)[c]([Ti]([C]3=CC=CC3)([C]3=CC=CC3)[c]3c(F)ccc(N4CC(C)(COCC)C4=O)c3F)c2F)C1=O. The summed E-state index contributed by atoms with van der Waals surface area (Å²) in [5.41, 5.74) is -2.04. The predicted molar refractivity (Wildman–Crippen MR) is 170 cm³/mol. The van der Waals surface area contributed by atoms with Gasteiger partial charge in [0.1, 0.15) is 0 Å². The molecule has 2 aliphatic carbocycles. The van der Waals surface area contributed by atoms with Crippen LogP contribution >= 0.6 is 0 Å². The second kappa shape index (κ2) is 12.6. The Labute approximate surface area is 275 Å². The molecule has 0 spiro atoms. The van der Waals surface area contributed by atoms with Crippen LogP contribution in [0.2, 0.25) is 0 Å². The number of β-lactam (4-membered cyclic amide) rings is 2. The van der Waals surface area contributed by atoms with E-state index in [1.165, 1.54) is 21.9 Å². The number of anilines is 2. The van der Waals surface area contributed by atoms with Crippen LogP contribution in [0.4, 0.5) is 28.9 Å². The number of halogens is 4. The molecule has 0 aromatic heterocycles. The molecule has 0 radical (unpaired) electrons. The number of amides is 2. The van der Waals surface area contributed by atoms with Gasteiger partial charge in [0.25, 0.3) is 0 Å². The summed E-state index contributed by atoms with van der Waals surface area (Å²) in [4.78, 5) is 29.2. The van der Waals surface area contributed by atoms with Crippen molar-refractivity contribution in [1.29, 1.82) is 0 Å². The van der Waals surface area contributed by atoms with Gasteiger partial charge in [-0.2, -0.15) is 0 Å². The number of allylic oxidation sites excluding steroid dienone is 8. The average molecular weight is 687 g/mol. The second-order valence-corrected chi connectivity index (χ2v) is 19.0. The van der Waals surface area contributed by atoms with Crippen LogP contribution in [0.15, 0.2) is 68.5 Å². The molecule has 2 aromatic carbocycles. The molecule has 11 heteroatoms. The number of nitrogens with zero attached hydrogens (tertiary/aromatic N) is 2. The summed E-state index contributed by atoms with van der Waals surface area (Å²) < 4.78 is 78.6. The van der Waals surface area contributed by atoms with Crippen LogP contribution in [-0.2, 0) is 35.7 Å². The van der Waals surface area contributed by atoms with Crippen molar-refractivity contribution in [3.8, 4) is 0 Å². The molecule has 2 atom stereocenters. The van der Waals surface area contributed by atoms with E-state index < -0.39 is 58.4 Å². The van der Waals surface area contributed by atoms with E-state index >= 15 is 17.6 Å². The summed E-state index contributed by atoms with van der Waals surface area (Å²) in [6, 6.07) is 4.59. The molecule has 6 rings (SSSR count). The van der Waals surface area contributed by atoms with Crippen molar-refractivity contribution >= 4 is 30.9 Å². The van der Waals surface area contributed by atoms with Crippen molar-refractivity contribution in [2.24, 2.45) is 10.8 Å². The third kappa shape index (κ3) is 5.19. The molecule has 0 saturated carbocycles. The molecule has 248 valence electrons. The fourth-order valence-electron chi connectivity index (χ4n) is 7.32. The average Bonchev–Trinajstić information content (AvgIpc) is 3.80. The van der Waals surface area contributed by atoms with Crippen molar-refractivity contribution in [3.05, 3.63) is 91.7 Å². The fraction of sp³-hybridized carbons (Fsp3) is 0.389. The number of hydrogen-bond donors (Lipinski definition) is 0. The van der Waals surface area contributed by atoms with Gasteiger partial charge in [-0.3, -0.25) is 0 Å². The number of benzene rings is 2. The van der Waals surface area contributed by atoms with E-state index in [-0.39, 0.29) is 62.3 Å². The zero-order valence-corrected chi connectivity index (χ0v) is 28.5. The van der Waals surface area contributed by atoms with E-state index in [0.717, 1.165) is 12.1 Å². The summed E-state index contributed by atoms with van der Waals surface area (Å²) in [7, 11) is 0. The Morgan fingerprint density at radius 2 is 1.11 bits per heavy atom. The van der Waals surface area contributed by atoms with Crippen LogP contribution < -0.4 is 17.5 Å². The van der Waals surface area contributed by atoms with E-state index in [2.05, 4.69) is 0 Å². The first-order valence-corrected chi connectivity index (χ1v) is 19.1. The van der Waals surface area contributed by atoms with E-state index in [9.17, 15) is 9.59 Å². The van der Waals surface area contributed by atoms with Crippen molar-refractivity contribution in [2.45, 2.75) is 40.5 Å². The van der Waals surface area contributed by atoms with Gasteiger partial charge in [-0.25, -0.2) is 0 Å². The molecule has 2 fully saturated rings. The minimum absolute atomic E-state index is 0.137. The first-order valence-electron chi connectivity index (χ1n) is 15.9. The van der Waals surface area contributed by atoms with Gasteiger partial charge in [0.2, 0.25) is 0 Å². The zero-order valence-electron chi connectivity index (χ0n) is 27.0. The molecule has 2 heterocycles. The summed E-state index contributed by atoms with van der Waals surface area (Å²) in [5.74, 6) is -4.66. The monoisotopic (exact) mass is 686 g/mol. The number of rotatable bonds is 12. The standard InChI is InChI=1S/2C13H14F2NO2.2C5H5.Ti/c2*1-3-18-8-13(2)7-16(12(13)17)11-5-4-9(14)6-10(11)15;2*1-2-4-5-3-1;/h2*4-5H,3,7-8H2,1-2H3;2*1-3H,4H2;. The molecule has 6 nitrogen and oxygen atoms in total.